The predicted octanol–water partition coefficient (Wildman–Crippen LogP) is 1.49. The molecular weight excluding hydrogens is 214 g/mol. The fraction of sp³-hybridized carbons (Fsp3) is 0.500. The average molecular weight is 227 g/mol. The van der Waals surface area contributed by atoms with Crippen LogP contribution in [0.25, 0.3) is 0 Å². The van der Waals surface area contributed by atoms with Crippen molar-refractivity contribution < 1.29 is 13.9 Å². The third kappa shape index (κ3) is 2.54. The molecular formula is C10H13NO3S. The minimum Gasteiger partial charge on any atom is -0.468 e. The Hall–Kier alpha value is -0.940. The molecule has 0 bridgehead atoms. The van der Waals surface area contributed by atoms with E-state index in [4.69, 9.17) is 9.15 Å². The van der Waals surface area contributed by atoms with Crippen molar-refractivity contribution >= 4 is 18.2 Å². The van der Waals surface area contributed by atoms with E-state index in [0.717, 1.165) is 17.1 Å². The summed E-state index contributed by atoms with van der Waals surface area (Å²) in [7, 11) is 0. The summed E-state index contributed by atoms with van der Waals surface area (Å²) >= 11 is 1.60. The van der Waals surface area contributed by atoms with Crippen LogP contribution in [0.3, 0.4) is 0 Å². The van der Waals surface area contributed by atoms with Gasteiger partial charge in [0.1, 0.15) is 11.2 Å². The van der Waals surface area contributed by atoms with Crippen LogP contribution in [0.1, 0.15) is 5.76 Å². The Balaban J connectivity index is 1.94. The molecule has 1 aliphatic heterocycles. The summed E-state index contributed by atoms with van der Waals surface area (Å²) in [6, 6.07) is 1.92. The molecule has 1 aliphatic rings. The van der Waals surface area contributed by atoms with Gasteiger partial charge in [0.25, 0.3) is 0 Å². The Labute approximate surface area is 92.6 Å². The number of nitrogens with zero attached hydrogens (tertiary/aromatic N) is 1. The van der Waals surface area contributed by atoms with E-state index in [0.29, 0.717) is 19.7 Å². The summed E-state index contributed by atoms with van der Waals surface area (Å²) in [6.45, 7) is 3.85. The fourth-order valence-corrected chi connectivity index (χ4v) is 2.50. The first kappa shape index (κ1) is 10.6. The lowest BCUT2D eigenvalue weighted by Gasteiger charge is -2.29. The third-order valence-corrected chi connectivity index (χ3v) is 3.51. The molecule has 5 heteroatoms. The summed E-state index contributed by atoms with van der Waals surface area (Å²) in [4.78, 5) is 13.4. The van der Waals surface area contributed by atoms with E-state index in [1.54, 1.807) is 22.9 Å². The van der Waals surface area contributed by atoms with E-state index in [1.165, 1.54) is 0 Å². The van der Waals surface area contributed by atoms with Gasteiger partial charge >= 0.3 is 0 Å². The fourth-order valence-electron chi connectivity index (χ4n) is 1.44. The summed E-state index contributed by atoms with van der Waals surface area (Å²) in [6.07, 6.45) is 2.54. The zero-order valence-electron chi connectivity index (χ0n) is 8.51. The van der Waals surface area contributed by atoms with Gasteiger partial charge in [-0.25, -0.2) is 0 Å². The van der Waals surface area contributed by atoms with Gasteiger partial charge in [0.15, 0.2) is 0 Å². The smallest absolute Gasteiger partial charge is 0.209 e. The summed E-state index contributed by atoms with van der Waals surface area (Å²) < 4.78 is 10.8. The van der Waals surface area contributed by atoms with Gasteiger partial charge < -0.3 is 14.1 Å². The highest BCUT2D eigenvalue weighted by atomic mass is 32.2. The van der Waals surface area contributed by atoms with Crippen molar-refractivity contribution in [2.75, 3.05) is 19.7 Å². The van der Waals surface area contributed by atoms with E-state index in [9.17, 15) is 4.79 Å². The summed E-state index contributed by atoms with van der Waals surface area (Å²) in [5.41, 5.74) is 0.0141. The lowest BCUT2D eigenvalue weighted by Crippen LogP contribution is -2.39. The molecule has 82 valence electrons. The monoisotopic (exact) mass is 227 g/mol. The first-order valence-corrected chi connectivity index (χ1v) is 5.69. The van der Waals surface area contributed by atoms with Gasteiger partial charge in [0.05, 0.1) is 24.3 Å². The molecule has 1 amide bonds. The molecule has 1 unspecified atom stereocenters. The van der Waals surface area contributed by atoms with Gasteiger partial charge in [0, 0.05) is 6.54 Å². The van der Waals surface area contributed by atoms with Crippen molar-refractivity contribution in [1.82, 2.24) is 4.90 Å². The molecule has 0 radical (unpaired) electrons. The van der Waals surface area contributed by atoms with Crippen LogP contribution in [0.5, 0.6) is 0 Å². The molecule has 0 spiro atoms. The second kappa shape index (κ2) is 4.72. The summed E-state index contributed by atoms with van der Waals surface area (Å²) in [5.74, 6) is 0.895. The highest BCUT2D eigenvalue weighted by molar-refractivity contribution is 7.99. The predicted molar refractivity (Wildman–Crippen MR) is 56.7 cm³/mol. The average Bonchev–Trinajstić information content (AvgIpc) is 2.65. The van der Waals surface area contributed by atoms with Gasteiger partial charge in [-0.1, -0.05) is 11.8 Å². The number of ether oxygens (including phenoxy) is 1. The van der Waals surface area contributed by atoms with E-state index in [2.05, 4.69) is 0 Å². The largest absolute Gasteiger partial charge is 0.468 e. The molecule has 1 aromatic rings. The summed E-state index contributed by atoms with van der Waals surface area (Å²) in [5, 5.41) is 0. The van der Waals surface area contributed by atoms with Gasteiger partial charge in [-0.15, -0.1) is 0 Å². The maximum absolute atomic E-state index is 10.6. The first-order valence-electron chi connectivity index (χ1n) is 4.81. The highest BCUT2D eigenvalue weighted by Gasteiger charge is 2.21. The lowest BCUT2D eigenvalue weighted by atomic mass is 10.5. The minimum absolute atomic E-state index is 0.0141. The Morgan fingerprint density at radius 1 is 1.67 bits per heavy atom. The number of hydrogen-bond donors (Lipinski definition) is 0. The number of thioether (sulfide) groups is 1. The van der Waals surface area contributed by atoms with Crippen molar-refractivity contribution in [3.05, 3.63) is 18.1 Å². The van der Waals surface area contributed by atoms with Crippen LogP contribution in [0.4, 0.5) is 0 Å². The zero-order valence-corrected chi connectivity index (χ0v) is 9.33. The standard InChI is InChI=1S/C10H13NO3S/c1-8-9(2-4-13-8)15-10-6-11(7-12)3-5-14-10/h2,4,7,10H,3,5-6H2,1H3. The first-order chi connectivity index (χ1) is 7.29. The van der Waals surface area contributed by atoms with Crippen molar-refractivity contribution in [3.8, 4) is 0 Å². The highest BCUT2D eigenvalue weighted by Crippen LogP contribution is 2.29. The molecule has 1 aromatic heterocycles. The number of hydrogen-bond acceptors (Lipinski definition) is 4. The van der Waals surface area contributed by atoms with Gasteiger partial charge in [0.2, 0.25) is 6.41 Å². The molecule has 2 heterocycles. The molecule has 15 heavy (non-hydrogen) atoms. The minimum atomic E-state index is 0.0141. The SMILES string of the molecule is Cc1occc1SC1CN(C=O)CCO1. The number of carbonyl (C=O) groups excluding carboxylic acids is 1. The Morgan fingerprint density at radius 2 is 2.53 bits per heavy atom. The topological polar surface area (TPSA) is 42.7 Å². The Bertz CT molecular complexity index is 339. The second-order valence-electron chi connectivity index (χ2n) is 3.36. The molecule has 1 saturated heterocycles. The Kier molecular flexibility index (Phi) is 3.33. The normalized spacial score (nSPS) is 21.7. The number of carbonyl (C=O) groups is 1. The lowest BCUT2D eigenvalue weighted by molar-refractivity contribution is -0.122. The number of morpholine rings is 1. The van der Waals surface area contributed by atoms with Crippen LogP contribution < -0.4 is 0 Å². The van der Waals surface area contributed by atoms with Gasteiger partial charge in [-0.2, -0.15) is 0 Å². The van der Waals surface area contributed by atoms with Crippen molar-refractivity contribution in [2.24, 2.45) is 0 Å². The van der Waals surface area contributed by atoms with Crippen LogP contribution in [-0.4, -0.2) is 36.4 Å². The Morgan fingerprint density at radius 3 is 3.20 bits per heavy atom. The molecule has 2 rings (SSSR count). The van der Waals surface area contributed by atoms with Crippen molar-refractivity contribution in [1.29, 1.82) is 0 Å². The van der Waals surface area contributed by atoms with E-state index in [-0.39, 0.29) is 5.44 Å². The van der Waals surface area contributed by atoms with Crippen LogP contribution in [0.2, 0.25) is 0 Å². The quantitative estimate of drug-likeness (QED) is 0.734. The van der Waals surface area contributed by atoms with Crippen LogP contribution >= 0.6 is 11.8 Å². The molecule has 0 saturated carbocycles. The van der Waals surface area contributed by atoms with E-state index >= 15 is 0 Å². The van der Waals surface area contributed by atoms with Crippen molar-refractivity contribution in [3.63, 3.8) is 0 Å². The van der Waals surface area contributed by atoms with Crippen LogP contribution in [0.15, 0.2) is 21.6 Å². The van der Waals surface area contributed by atoms with Gasteiger partial charge in [-0.05, 0) is 13.0 Å². The zero-order chi connectivity index (χ0) is 10.7. The maximum Gasteiger partial charge on any atom is 0.209 e. The van der Waals surface area contributed by atoms with Crippen LogP contribution in [-0.2, 0) is 9.53 Å². The molecule has 1 atom stereocenters. The molecule has 0 aliphatic carbocycles. The van der Waals surface area contributed by atoms with E-state index < -0.39 is 0 Å². The molecule has 0 aromatic carbocycles. The number of aryl methyl sites for hydroxylation is 1. The number of furan rings is 1. The number of amides is 1. The third-order valence-electron chi connectivity index (χ3n) is 2.28. The van der Waals surface area contributed by atoms with Crippen LogP contribution in [0, 0.1) is 6.92 Å². The maximum atomic E-state index is 10.6. The molecule has 4 nitrogen and oxygen atoms in total. The van der Waals surface area contributed by atoms with E-state index in [1.807, 2.05) is 13.0 Å². The molecule has 0 N–H and O–H groups in total. The van der Waals surface area contributed by atoms with Gasteiger partial charge in [-0.3, -0.25) is 4.79 Å². The van der Waals surface area contributed by atoms with Crippen molar-refractivity contribution in [2.45, 2.75) is 17.3 Å². The second-order valence-corrected chi connectivity index (χ2v) is 4.56. The number of rotatable bonds is 3. The molecule has 1 fully saturated rings.